The second-order valence-corrected chi connectivity index (χ2v) is 6.36. The molecule has 3 aromatic rings. The summed E-state index contributed by atoms with van der Waals surface area (Å²) >= 11 is 6.10. The Morgan fingerprint density at radius 3 is 3.09 bits per heavy atom. The third-order valence-electron chi connectivity index (χ3n) is 4.48. The van der Waals surface area contributed by atoms with E-state index >= 15 is 0 Å². The summed E-state index contributed by atoms with van der Waals surface area (Å²) in [4.78, 5) is 8.79. The third-order valence-corrected chi connectivity index (χ3v) is 4.71. The van der Waals surface area contributed by atoms with Gasteiger partial charge in [-0.05, 0) is 30.7 Å². The average Bonchev–Trinajstić information content (AvgIpc) is 3.19. The largest absolute Gasteiger partial charge is 0.452 e. The molecule has 7 heteroatoms. The summed E-state index contributed by atoms with van der Waals surface area (Å²) in [7, 11) is 0. The van der Waals surface area contributed by atoms with Gasteiger partial charge in [0.05, 0.1) is 6.04 Å². The molecule has 23 heavy (non-hydrogen) atoms. The van der Waals surface area contributed by atoms with Crippen LogP contribution in [0.4, 0.5) is 5.95 Å². The van der Waals surface area contributed by atoms with Crippen LogP contribution in [0.15, 0.2) is 34.4 Å². The van der Waals surface area contributed by atoms with Crippen molar-refractivity contribution in [2.24, 2.45) is 0 Å². The lowest BCUT2D eigenvalue weighted by Gasteiger charge is -2.12. The zero-order valence-electron chi connectivity index (χ0n) is 12.1. The summed E-state index contributed by atoms with van der Waals surface area (Å²) in [6.07, 6.45) is 3.22. The number of nitrogens with two attached hydrogens (primary N) is 1. The molecule has 1 saturated heterocycles. The molecule has 0 saturated carbocycles. The Hall–Kier alpha value is -2.31. The van der Waals surface area contributed by atoms with Gasteiger partial charge < -0.3 is 15.5 Å². The molecule has 1 fully saturated rings. The van der Waals surface area contributed by atoms with Gasteiger partial charge in [0.25, 0.3) is 0 Å². The first-order valence-electron chi connectivity index (χ1n) is 7.56. The highest BCUT2D eigenvalue weighted by Crippen LogP contribution is 2.36. The Morgan fingerprint density at radius 1 is 1.30 bits per heavy atom. The quantitative estimate of drug-likeness (QED) is 0.636. The van der Waals surface area contributed by atoms with E-state index < -0.39 is 0 Å². The summed E-state index contributed by atoms with van der Waals surface area (Å²) in [5.74, 6) is 0.236. The van der Waals surface area contributed by atoms with Crippen LogP contribution in [0, 0.1) is 0 Å². The van der Waals surface area contributed by atoms with Crippen molar-refractivity contribution in [3.05, 3.63) is 40.7 Å². The number of halogens is 1. The summed E-state index contributed by atoms with van der Waals surface area (Å²) in [6, 6.07) is 5.80. The van der Waals surface area contributed by atoms with E-state index in [2.05, 4.69) is 26.7 Å². The number of benzene rings is 1. The van der Waals surface area contributed by atoms with Crippen LogP contribution in [0.3, 0.4) is 0 Å². The smallest absolute Gasteiger partial charge is 0.221 e. The highest BCUT2D eigenvalue weighted by Gasteiger charge is 2.32. The summed E-state index contributed by atoms with van der Waals surface area (Å²) < 4.78 is 6.00. The molecular formula is C16H14ClN5O. The van der Waals surface area contributed by atoms with Crippen molar-refractivity contribution < 1.29 is 4.42 Å². The minimum Gasteiger partial charge on any atom is -0.452 e. The van der Waals surface area contributed by atoms with Crippen LogP contribution < -0.4 is 16.4 Å². The topological polar surface area (TPSA) is 89.0 Å². The van der Waals surface area contributed by atoms with E-state index in [0.29, 0.717) is 22.2 Å². The number of fused-ring (bicyclic) bond motifs is 4. The van der Waals surface area contributed by atoms with Crippen LogP contribution >= 0.6 is 11.6 Å². The highest BCUT2D eigenvalue weighted by molar-refractivity contribution is 6.31. The molecule has 2 aromatic heterocycles. The molecule has 2 aliphatic rings. The van der Waals surface area contributed by atoms with Gasteiger partial charge in [-0.1, -0.05) is 11.6 Å². The van der Waals surface area contributed by atoms with E-state index in [1.54, 1.807) is 6.07 Å². The number of hydrogen-bond donors (Lipinski definition) is 3. The number of nitrogen functional groups attached to an aromatic ring is 1. The Labute approximate surface area is 136 Å². The van der Waals surface area contributed by atoms with E-state index in [1.807, 2.05) is 12.1 Å². The maximum atomic E-state index is 6.10. The van der Waals surface area contributed by atoms with Crippen molar-refractivity contribution >= 4 is 39.6 Å². The molecule has 0 aliphatic carbocycles. The van der Waals surface area contributed by atoms with Crippen LogP contribution in [0.1, 0.15) is 18.2 Å². The number of rotatable bonds is 1. The van der Waals surface area contributed by atoms with Crippen molar-refractivity contribution in [2.45, 2.75) is 18.5 Å². The zero-order chi connectivity index (χ0) is 15.6. The number of nitrogens with one attached hydrogen (secondary N) is 2. The molecule has 5 rings (SSSR count). The van der Waals surface area contributed by atoms with Crippen LogP contribution in [0.5, 0.6) is 0 Å². The Bertz CT molecular complexity index is 979. The van der Waals surface area contributed by atoms with Crippen LogP contribution in [-0.2, 0) is 0 Å². The van der Waals surface area contributed by atoms with Gasteiger partial charge in [0, 0.05) is 28.7 Å². The van der Waals surface area contributed by atoms with Crippen LogP contribution in [0.25, 0.3) is 22.1 Å². The first-order valence-corrected chi connectivity index (χ1v) is 7.93. The van der Waals surface area contributed by atoms with Gasteiger partial charge in [-0.25, -0.2) is 9.97 Å². The molecular weight excluding hydrogens is 314 g/mol. The second-order valence-electron chi connectivity index (χ2n) is 5.92. The molecule has 4 heterocycles. The first-order chi connectivity index (χ1) is 11.2. The number of furan rings is 1. The molecule has 2 aliphatic heterocycles. The molecule has 4 N–H and O–H groups in total. The Balaban J connectivity index is 1.75. The molecule has 6 nitrogen and oxygen atoms in total. The molecule has 0 bridgehead atoms. The van der Waals surface area contributed by atoms with Crippen LogP contribution in [0.2, 0.25) is 5.02 Å². The van der Waals surface area contributed by atoms with E-state index in [9.17, 15) is 0 Å². The van der Waals surface area contributed by atoms with Crippen molar-refractivity contribution in [1.29, 1.82) is 0 Å². The minimum atomic E-state index is -0.0355. The number of hydrogen-bond acceptors (Lipinski definition) is 6. The monoisotopic (exact) mass is 327 g/mol. The summed E-state index contributed by atoms with van der Waals surface area (Å²) in [5, 5.41) is 8.44. The maximum Gasteiger partial charge on any atom is 0.221 e. The standard InChI is InChI=1S/C16H14ClN5O/c17-7-1-2-12-8(5-7)13-15(23-12)14(22-16(18)21-13)11-6-10-9(20-11)3-4-19-10/h1-2,5-6,9,11,19-20H,3-4H2,(H2,18,21,22). The fourth-order valence-corrected chi connectivity index (χ4v) is 3.63. The lowest BCUT2D eigenvalue weighted by molar-refractivity contribution is 0.560. The predicted molar refractivity (Wildman–Crippen MR) is 89.1 cm³/mol. The van der Waals surface area contributed by atoms with Gasteiger partial charge in [-0.2, -0.15) is 0 Å². The Kier molecular flexibility index (Phi) is 2.63. The van der Waals surface area contributed by atoms with Gasteiger partial charge in [-0.3, -0.25) is 5.32 Å². The predicted octanol–water partition coefficient (Wildman–Crippen LogP) is 2.50. The molecule has 1 aromatic carbocycles. The van der Waals surface area contributed by atoms with E-state index in [-0.39, 0.29) is 12.0 Å². The fourth-order valence-electron chi connectivity index (χ4n) is 3.46. The SMILES string of the molecule is Nc1nc(C2C=C3NCCC3N2)c2oc3ccc(Cl)cc3c2n1. The van der Waals surface area contributed by atoms with E-state index in [1.165, 1.54) is 5.70 Å². The second kappa shape index (κ2) is 4.59. The van der Waals surface area contributed by atoms with Gasteiger partial charge in [0.1, 0.15) is 16.8 Å². The molecule has 2 atom stereocenters. The minimum absolute atomic E-state index is 0.0355. The molecule has 0 spiro atoms. The summed E-state index contributed by atoms with van der Waals surface area (Å²) in [6.45, 7) is 1.00. The van der Waals surface area contributed by atoms with Gasteiger partial charge in [-0.15, -0.1) is 0 Å². The molecule has 0 amide bonds. The van der Waals surface area contributed by atoms with Crippen molar-refractivity contribution in [3.8, 4) is 0 Å². The van der Waals surface area contributed by atoms with Gasteiger partial charge in [0.15, 0.2) is 5.58 Å². The third kappa shape index (κ3) is 1.92. The fraction of sp³-hybridized carbons (Fsp3) is 0.250. The molecule has 116 valence electrons. The van der Waals surface area contributed by atoms with Crippen molar-refractivity contribution in [1.82, 2.24) is 20.6 Å². The lowest BCUT2D eigenvalue weighted by Crippen LogP contribution is -2.26. The first kappa shape index (κ1) is 13.2. The van der Waals surface area contributed by atoms with Crippen LogP contribution in [-0.4, -0.2) is 22.6 Å². The van der Waals surface area contributed by atoms with Crippen molar-refractivity contribution in [2.75, 3.05) is 12.3 Å². The zero-order valence-corrected chi connectivity index (χ0v) is 12.9. The highest BCUT2D eigenvalue weighted by atomic mass is 35.5. The van der Waals surface area contributed by atoms with Gasteiger partial charge >= 0.3 is 0 Å². The van der Waals surface area contributed by atoms with E-state index in [0.717, 1.165) is 29.6 Å². The normalized spacial score (nSPS) is 23.3. The number of aromatic nitrogens is 2. The number of anilines is 1. The maximum absolute atomic E-state index is 6.10. The van der Waals surface area contributed by atoms with E-state index in [4.69, 9.17) is 21.8 Å². The Morgan fingerprint density at radius 2 is 2.22 bits per heavy atom. The van der Waals surface area contributed by atoms with Gasteiger partial charge in [0.2, 0.25) is 5.95 Å². The number of nitrogens with zero attached hydrogens (tertiary/aromatic N) is 2. The van der Waals surface area contributed by atoms with Crippen molar-refractivity contribution in [3.63, 3.8) is 0 Å². The lowest BCUT2D eigenvalue weighted by atomic mass is 10.1. The summed E-state index contributed by atoms with van der Waals surface area (Å²) in [5.41, 5.74) is 10.0. The average molecular weight is 328 g/mol. The molecule has 0 radical (unpaired) electrons. The molecule has 2 unspecified atom stereocenters.